The van der Waals surface area contributed by atoms with E-state index < -0.39 is 0 Å². The lowest BCUT2D eigenvalue weighted by Crippen LogP contribution is -1.78. The van der Waals surface area contributed by atoms with Gasteiger partial charge in [-0.25, -0.2) is 0 Å². The van der Waals surface area contributed by atoms with E-state index in [4.69, 9.17) is 10.8 Å². The molecule has 0 atom stereocenters. The maximum absolute atomic E-state index is 8.36. The second-order valence-corrected chi connectivity index (χ2v) is 2.96. The van der Waals surface area contributed by atoms with Crippen LogP contribution < -0.4 is 0 Å². The van der Waals surface area contributed by atoms with Crippen LogP contribution in [0.15, 0.2) is 29.4 Å². The van der Waals surface area contributed by atoms with Crippen molar-refractivity contribution in [2.75, 3.05) is 0 Å². The number of hydrogen-bond acceptors (Lipinski definition) is 3. The maximum atomic E-state index is 8.36. The normalized spacial score (nSPS) is 8.54. The molecule has 0 radical (unpaired) electrons. The summed E-state index contributed by atoms with van der Waals surface area (Å²) in [4.78, 5) is 2.71. The molecule has 0 amide bonds. The van der Waals surface area contributed by atoms with Crippen molar-refractivity contribution >= 4 is 17.4 Å². The molecule has 5 heteroatoms. The summed E-state index contributed by atoms with van der Waals surface area (Å²) >= 11 is 1.12. The molecule has 13 heavy (non-hydrogen) atoms. The first-order valence-corrected chi connectivity index (χ1v) is 4.51. The van der Waals surface area contributed by atoms with Gasteiger partial charge in [-0.1, -0.05) is 29.4 Å². The summed E-state index contributed by atoms with van der Waals surface area (Å²) in [7, 11) is 0. The van der Waals surface area contributed by atoms with E-state index in [-0.39, 0.29) is 0 Å². The van der Waals surface area contributed by atoms with E-state index in [1.165, 1.54) is 0 Å². The zero-order valence-electron chi connectivity index (χ0n) is 6.71. The van der Waals surface area contributed by atoms with Crippen LogP contribution in [0.2, 0.25) is 0 Å². The van der Waals surface area contributed by atoms with Crippen LogP contribution in [-0.4, -0.2) is 0 Å². The van der Waals surface area contributed by atoms with Crippen LogP contribution in [0.3, 0.4) is 0 Å². The average Bonchev–Trinajstić information content (AvgIpc) is 2.17. The minimum absolute atomic E-state index is 0.547. The van der Waals surface area contributed by atoms with Crippen LogP contribution in [0.4, 0.5) is 5.69 Å². The van der Waals surface area contributed by atoms with Gasteiger partial charge in [-0.2, -0.15) is 5.26 Å². The smallest absolute Gasteiger partial charge is 0.133 e. The van der Waals surface area contributed by atoms with Crippen LogP contribution in [-0.2, 0) is 5.75 Å². The van der Waals surface area contributed by atoms with Crippen molar-refractivity contribution in [3.8, 4) is 5.40 Å². The van der Waals surface area contributed by atoms with E-state index in [0.29, 0.717) is 11.4 Å². The fraction of sp³-hybridized carbons (Fsp3) is 0.125. The maximum Gasteiger partial charge on any atom is 0.133 e. The van der Waals surface area contributed by atoms with Gasteiger partial charge in [-0.05, 0) is 22.9 Å². The summed E-state index contributed by atoms with van der Waals surface area (Å²) < 4.78 is 0. The number of azide groups is 1. The molecule has 0 saturated heterocycles. The van der Waals surface area contributed by atoms with E-state index >= 15 is 0 Å². The molecule has 0 heterocycles. The van der Waals surface area contributed by atoms with E-state index in [1.807, 2.05) is 17.5 Å². The van der Waals surface area contributed by atoms with Crippen molar-refractivity contribution in [2.24, 2.45) is 5.11 Å². The lowest BCUT2D eigenvalue weighted by molar-refractivity contribution is 1.35. The summed E-state index contributed by atoms with van der Waals surface area (Å²) in [5.74, 6) is 0.547. The van der Waals surface area contributed by atoms with Crippen molar-refractivity contribution in [3.05, 3.63) is 40.3 Å². The molecular weight excluding hydrogens is 184 g/mol. The molecule has 1 aromatic carbocycles. The van der Waals surface area contributed by atoms with Crippen LogP contribution in [0, 0.1) is 10.7 Å². The molecule has 64 valence electrons. The van der Waals surface area contributed by atoms with Crippen molar-refractivity contribution in [1.82, 2.24) is 0 Å². The Kier molecular flexibility index (Phi) is 3.71. The third-order valence-corrected chi connectivity index (χ3v) is 2.02. The highest BCUT2D eigenvalue weighted by atomic mass is 32.2. The van der Waals surface area contributed by atoms with Crippen molar-refractivity contribution in [1.29, 1.82) is 5.26 Å². The van der Waals surface area contributed by atoms with Gasteiger partial charge in [0.25, 0.3) is 0 Å². The number of nitriles is 1. The number of benzene rings is 1. The molecule has 0 N–H and O–H groups in total. The van der Waals surface area contributed by atoms with Crippen LogP contribution in [0.1, 0.15) is 5.56 Å². The van der Waals surface area contributed by atoms with Crippen LogP contribution in [0.5, 0.6) is 0 Å². The van der Waals surface area contributed by atoms with Gasteiger partial charge in [0.1, 0.15) is 5.40 Å². The number of rotatable bonds is 3. The molecule has 0 fully saturated rings. The van der Waals surface area contributed by atoms with Crippen LogP contribution in [0.25, 0.3) is 10.4 Å². The highest BCUT2D eigenvalue weighted by molar-refractivity contribution is 8.02. The Morgan fingerprint density at radius 2 is 2.31 bits per heavy atom. The largest absolute Gasteiger partial charge is 0.185 e. The number of nitrogens with zero attached hydrogens (tertiary/aromatic N) is 4. The summed E-state index contributed by atoms with van der Waals surface area (Å²) in [6, 6.07) is 7.22. The van der Waals surface area contributed by atoms with Crippen molar-refractivity contribution in [3.63, 3.8) is 0 Å². The first kappa shape index (κ1) is 9.46. The monoisotopic (exact) mass is 190 g/mol. The van der Waals surface area contributed by atoms with E-state index in [9.17, 15) is 0 Å². The van der Waals surface area contributed by atoms with Gasteiger partial charge in [-0.3, -0.25) is 0 Å². The standard InChI is InChI=1S/C8H6N4S/c9-6-13-5-7-3-1-2-4-8(7)11-12-10/h1-4H,5H2. The summed E-state index contributed by atoms with van der Waals surface area (Å²) in [5, 5.41) is 13.8. The Hall–Kier alpha value is -1.63. The lowest BCUT2D eigenvalue weighted by Gasteiger charge is -1.99. The Labute approximate surface area is 79.8 Å². The number of hydrogen-bond donors (Lipinski definition) is 0. The predicted molar refractivity (Wildman–Crippen MR) is 52.2 cm³/mol. The van der Waals surface area contributed by atoms with Crippen molar-refractivity contribution < 1.29 is 0 Å². The Bertz CT molecular complexity index is 376. The molecule has 1 rings (SSSR count). The second-order valence-electron chi connectivity index (χ2n) is 2.20. The van der Waals surface area contributed by atoms with E-state index in [1.54, 1.807) is 12.1 Å². The number of thioether (sulfide) groups is 1. The highest BCUT2D eigenvalue weighted by Gasteiger charge is 1.98. The van der Waals surface area contributed by atoms with Gasteiger partial charge in [0.15, 0.2) is 0 Å². The molecule has 0 aliphatic rings. The van der Waals surface area contributed by atoms with Gasteiger partial charge in [0.05, 0.1) is 0 Å². The molecule has 0 unspecified atom stereocenters. The highest BCUT2D eigenvalue weighted by Crippen LogP contribution is 2.22. The molecule has 1 aromatic rings. The van der Waals surface area contributed by atoms with Gasteiger partial charge in [0.2, 0.25) is 0 Å². The topological polar surface area (TPSA) is 72.5 Å². The quantitative estimate of drug-likeness (QED) is 0.317. The molecule has 0 aliphatic carbocycles. The van der Waals surface area contributed by atoms with Gasteiger partial charge >= 0.3 is 0 Å². The first-order chi connectivity index (χ1) is 6.38. The molecule has 0 saturated carbocycles. The minimum atomic E-state index is 0.547. The Balaban J connectivity index is 2.92. The predicted octanol–water partition coefficient (Wildman–Crippen LogP) is 3.34. The van der Waals surface area contributed by atoms with E-state index in [2.05, 4.69) is 10.0 Å². The molecule has 0 spiro atoms. The van der Waals surface area contributed by atoms with Crippen LogP contribution >= 0.6 is 11.8 Å². The second kappa shape index (κ2) is 5.09. The van der Waals surface area contributed by atoms with E-state index in [0.717, 1.165) is 17.3 Å². The summed E-state index contributed by atoms with van der Waals surface area (Å²) in [6.07, 6.45) is 0. The number of thiocyanates is 1. The fourth-order valence-electron chi connectivity index (χ4n) is 0.889. The van der Waals surface area contributed by atoms with Crippen molar-refractivity contribution in [2.45, 2.75) is 5.75 Å². The first-order valence-electron chi connectivity index (χ1n) is 3.52. The fourth-order valence-corrected chi connectivity index (χ4v) is 1.35. The summed E-state index contributed by atoms with van der Waals surface area (Å²) in [6.45, 7) is 0. The lowest BCUT2D eigenvalue weighted by atomic mass is 10.2. The average molecular weight is 190 g/mol. The Morgan fingerprint density at radius 3 is 3.00 bits per heavy atom. The minimum Gasteiger partial charge on any atom is -0.185 e. The molecule has 4 nitrogen and oxygen atoms in total. The van der Waals surface area contributed by atoms with Gasteiger partial charge in [0, 0.05) is 16.4 Å². The molecule has 0 aromatic heterocycles. The summed E-state index contributed by atoms with van der Waals surface area (Å²) in [5.41, 5.74) is 9.73. The zero-order valence-corrected chi connectivity index (χ0v) is 7.53. The van der Waals surface area contributed by atoms with Gasteiger partial charge in [-0.15, -0.1) is 0 Å². The van der Waals surface area contributed by atoms with Gasteiger partial charge < -0.3 is 0 Å². The zero-order chi connectivity index (χ0) is 9.52. The third-order valence-electron chi connectivity index (χ3n) is 1.44. The molecule has 0 aliphatic heterocycles. The molecular formula is C8H6N4S. The Morgan fingerprint density at radius 1 is 1.54 bits per heavy atom. The SMILES string of the molecule is N#CSCc1ccccc1N=[N+]=[N-]. The molecule has 0 bridgehead atoms. The third kappa shape index (κ3) is 2.71.